The van der Waals surface area contributed by atoms with Gasteiger partial charge in [-0.2, -0.15) is 0 Å². The molecule has 0 aliphatic heterocycles. The third-order valence-corrected chi connectivity index (χ3v) is 2.74. The maximum Gasteiger partial charge on any atom is 0.220 e. The molecule has 0 aromatic heterocycles. The number of carbonyl (C=O) groups excluding carboxylic acids is 1. The third kappa shape index (κ3) is 5.73. The van der Waals surface area contributed by atoms with Gasteiger partial charge in [0.25, 0.3) is 0 Å². The Labute approximate surface area is 108 Å². The fourth-order valence-electron chi connectivity index (χ4n) is 1.53. The molecule has 1 aromatic carbocycles. The molecule has 1 rings (SSSR count). The second-order valence-electron chi connectivity index (χ2n) is 5.42. The van der Waals surface area contributed by atoms with Crippen molar-refractivity contribution in [3.05, 3.63) is 35.9 Å². The number of amides is 1. The van der Waals surface area contributed by atoms with Crippen LogP contribution in [-0.4, -0.2) is 12.5 Å². The van der Waals surface area contributed by atoms with Crippen LogP contribution in [0.15, 0.2) is 30.3 Å². The van der Waals surface area contributed by atoms with Crippen molar-refractivity contribution in [3.63, 3.8) is 0 Å². The van der Waals surface area contributed by atoms with Gasteiger partial charge in [0.05, 0.1) is 5.38 Å². The number of carbonyl (C=O) groups is 1. The van der Waals surface area contributed by atoms with Crippen molar-refractivity contribution in [2.24, 2.45) is 5.41 Å². The van der Waals surface area contributed by atoms with Crippen LogP contribution < -0.4 is 5.32 Å². The van der Waals surface area contributed by atoms with Crippen molar-refractivity contribution >= 4 is 17.5 Å². The smallest absolute Gasteiger partial charge is 0.220 e. The van der Waals surface area contributed by atoms with Crippen LogP contribution >= 0.6 is 11.6 Å². The number of hydrogen-bond acceptors (Lipinski definition) is 1. The summed E-state index contributed by atoms with van der Waals surface area (Å²) in [5.74, 6) is 0.0547. The predicted molar refractivity (Wildman–Crippen MR) is 72.1 cm³/mol. The van der Waals surface area contributed by atoms with Gasteiger partial charge in [0, 0.05) is 13.0 Å². The highest BCUT2D eigenvalue weighted by atomic mass is 35.5. The Morgan fingerprint density at radius 2 is 1.88 bits per heavy atom. The number of alkyl halides is 1. The highest BCUT2D eigenvalue weighted by Gasteiger charge is 2.16. The molecule has 1 unspecified atom stereocenters. The molecule has 17 heavy (non-hydrogen) atoms. The molecular formula is C14H20ClNO. The van der Waals surface area contributed by atoms with Crippen molar-refractivity contribution < 1.29 is 4.79 Å². The lowest BCUT2D eigenvalue weighted by Crippen LogP contribution is -2.30. The molecule has 1 atom stereocenters. The van der Waals surface area contributed by atoms with Crippen molar-refractivity contribution in [1.82, 2.24) is 5.32 Å². The van der Waals surface area contributed by atoms with Gasteiger partial charge in [-0.05, 0) is 11.0 Å². The van der Waals surface area contributed by atoms with Crippen molar-refractivity contribution in [2.45, 2.75) is 32.6 Å². The zero-order chi connectivity index (χ0) is 12.9. The quantitative estimate of drug-likeness (QED) is 0.818. The van der Waals surface area contributed by atoms with Crippen molar-refractivity contribution in [3.8, 4) is 0 Å². The van der Waals surface area contributed by atoms with Crippen molar-refractivity contribution in [2.75, 3.05) is 6.54 Å². The molecule has 0 saturated carbocycles. The van der Waals surface area contributed by atoms with Gasteiger partial charge in [-0.15, -0.1) is 11.6 Å². The maximum absolute atomic E-state index is 11.6. The zero-order valence-corrected chi connectivity index (χ0v) is 11.4. The van der Waals surface area contributed by atoms with E-state index in [9.17, 15) is 4.79 Å². The molecule has 0 radical (unpaired) electrons. The highest BCUT2D eigenvalue weighted by Crippen LogP contribution is 2.20. The molecule has 0 fully saturated rings. The van der Waals surface area contributed by atoms with Gasteiger partial charge in [-0.1, -0.05) is 51.1 Å². The van der Waals surface area contributed by atoms with E-state index in [1.54, 1.807) is 0 Å². The first-order valence-corrected chi connectivity index (χ1v) is 6.28. The van der Waals surface area contributed by atoms with Crippen LogP contribution in [0.4, 0.5) is 0 Å². The molecule has 0 bridgehead atoms. The second kappa shape index (κ2) is 6.06. The van der Waals surface area contributed by atoms with E-state index < -0.39 is 0 Å². The minimum atomic E-state index is -0.167. The van der Waals surface area contributed by atoms with Gasteiger partial charge >= 0.3 is 0 Å². The van der Waals surface area contributed by atoms with Crippen LogP contribution in [0, 0.1) is 5.41 Å². The van der Waals surface area contributed by atoms with Crippen LogP contribution in [0.3, 0.4) is 0 Å². The molecular weight excluding hydrogens is 234 g/mol. The van der Waals surface area contributed by atoms with E-state index in [0.29, 0.717) is 13.0 Å². The van der Waals surface area contributed by atoms with E-state index >= 15 is 0 Å². The SMILES string of the molecule is CC(C)(C)CC(=O)NCC(Cl)c1ccccc1. The Bertz CT molecular complexity index is 356. The van der Waals surface area contributed by atoms with Gasteiger partial charge in [0.2, 0.25) is 5.91 Å². The molecule has 0 spiro atoms. The lowest BCUT2D eigenvalue weighted by atomic mass is 9.92. The summed E-state index contributed by atoms with van der Waals surface area (Å²) in [6.45, 7) is 6.60. The zero-order valence-electron chi connectivity index (χ0n) is 10.7. The van der Waals surface area contributed by atoms with Crippen LogP contribution in [-0.2, 0) is 4.79 Å². The first kappa shape index (κ1) is 14.0. The standard InChI is InChI=1S/C14H20ClNO/c1-14(2,3)9-13(17)16-10-12(15)11-7-5-4-6-8-11/h4-8,12H,9-10H2,1-3H3,(H,16,17). The van der Waals surface area contributed by atoms with Gasteiger partial charge in [-0.3, -0.25) is 4.79 Å². The molecule has 1 aromatic rings. The Kier molecular flexibility index (Phi) is 5.01. The minimum Gasteiger partial charge on any atom is -0.354 e. The average Bonchev–Trinajstić information content (AvgIpc) is 2.25. The molecule has 94 valence electrons. The number of nitrogens with one attached hydrogen (secondary N) is 1. The van der Waals surface area contributed by atoms with Gasteiger partial charge in [-0.25, -0.2) is 0 Å². The largest absolute Gasteiger partial charge is 0.354 e. The first-order valence-electron chi connectivity index (χ1n) is 5.84. The van der Waals surface area contributed by atoms with Crippen LogP contribution in [0.2, 0.25) is 0 Å². The summed E-state index contributed by atoms with van der Waals surface area (Å²) >= 11 is 6.21. The summed E-state index contributed by atoms with van der Waals surface area (Å²) in [7, 11) is 0. The summed E-state index contributed by atoms with van der Waals surface area (Å²) in [4.78, 5) is 11.6. The first-order chi connectivity index (χ1) is 7.88. The van der Waals surface area contributed by atoms with Gasteiger partial charge in [0.15, 0.2) is 0 Å². The van der Waals surface area contributed by atoms with Gasteiger partial charge < -0.3 is 5.32 Å². The monoisotopic (exact) mass is 253 g/mol. The van der Waals surface area contributed by atoms with Crippen LogP contribution in [0.1, 0.15) is 38.1 Å². The molecule has 3 heteroatoms. The Hall–Kier alpha value is -1.02. The van der Waals surface area contributed by atoms with Gasteiger partial charge in [0.1, 0.15) is 0 Å². The topological polar surface area (TPSA) is 29.1 Å². The Morgan fingerprint density at radius 1 is 1.29 bits per heavy atom. The highest BCUT2D eigenvalue weighted by molar-refractivity contribution is 6.21. The molecule has 1 amide bonds. The summed E-state index contributed by atoms with van der Waals surface area (Å²) in [6.07, 6.45) is 0.519. The normalized spacial score (nSPS) is 13.2. The van der Waals surface area contributed by atoms with Crippen molar-refractivity contribution in [1.29, 1.82) is 0 Å². The predicted octanol–water partition coefficient (Wildman–Crippen LogP) is 3.52. The molecule has 0 saturated heterocycles. The number of rotatable bonds is 4. The fraction of sp³-hybridized carbons (Fsp3) is 0.500. The maximum atomic E-state index is 11.6. The molecule has 1 N–H and O–H groups in total. The number of halogens is 1. The molecule has 0 aliphatic carbocycles. The van der Waals surface area contributed by atoms with E-state index in [0.717, 1.165) is 5.56 Å². The van der Waals surface area contributed by atoms with Crippen LogP contribution in [0.5, 0.6) is 0 Å². The van der Waals surface area contributed by atoms with E-state index in [-0.39, 0.29) is 16.7 Å². The van der Waals surface area contributed by atoms with E-state index in [1.165, 1.54) is 0 Å². The summed E-state index contributed by atoms with van der Waals surface area (Å²) < 4.78 is 0. The third-order valence-electron chi connectivity index (χ3n) is 2.33. The van der Waals surface area contributed by atoms with Crippen LogP contribution in [0.25, 0.3) is 0 Å². The summed E-state index contributed by atoms with van der Waals surface area (Å²) in [5, 5.41) is 2.70. The lowest BCUT2D eigenvalue weighted by molar-refractivity contribution is -0.122. The van der Waals surface area contributed by atoms with E-state index in [2.05, 4.69) is 5.32 Å². The summed E-state index contributed by atoms with van der Waals surface area (Å²) in [5.41, 5.74) is 1.05. The lowest BCUT2D eigenvalue weighted by Gasteiger charge is -2.18. The second-order valence-corrected chi connectivity index (χ2v) is 5.95. The number of benzene rings is 1. The fourth-order valence-corrected chi connectivity index (χ4v) is 1.75. The molecule has 0 aliphatic rings. The number of hydrogen-bond donors (Lipinski definition) is 1. The Morgan fingerprint density at radius 3 is 2.41 bits per heavy atom. The minimum absolute atomic E-state index is 0.0125. The molecule has 2 nitrogen and oxygen atoms in total. The Balaban J connectivity index is 2.39. The van der Waals surface area contributed by atoms with E-state index in [1.807, 2.05) is 51.1 Å². The van der Waals surface area contributed by atoms with E-state index in [4.69, 9.17) is 11.6 Å². The summed E-state index contributed by atoms with van der Waals surface area (Å²) in [6, 6.07) is 9.77. The molecule has 0 heterocycles. The average molecular weight is 254 g/mol.